The van der Waals surface area contributed by atoms with Crippen molar-refractivity contribution in [1.29, 1.82) is 0 Å². The lowest BCUT2D eigenvalue weighted by atomic mass is 10.1. The highest BCUT2D eigenvalue weighted by molar-refractivity contribution is 6.31. The third-order valence-electron chi connectivity index (χ3n) is 2.46. The summed E-state index contributed by atoms with van der Waals surface area (Å²) in [5, 5.41) is 0.467. The van der Waals surface area contributed by atoms with E-state index in [4.69, 9.17) is 4.43 Å². The minimum atomic E-state index is -0.240. The maximum Gasteiger partial charge on any atom is 0.166 e. The smallest absolute Gasteiger partial charge is 0.166 e. The Morgan fingerprint density at radius 2 is 1.11 bits per heavy atom. The van der Waals surface area contributed by atoms with Crippen LogP contribution < -0.4 is 0 Å². The van der Waals surface area contributed by atoms with Crippen molar-refractivity contribution in [1.82, 2.24) is 0 Å². The molecule has 0 saturated carbocycles. The van der Waals surface area contributed by atoms with Gasteiger partial charge in [-0.15, -0.1) is 0 Å². The molecule has 0 aromatic heterocycles. The van der Waals surface area contributed by atoms with E-state index in [0.717, 1.165) is 0 Å². The van der Waals surface area contributed by atoms with E-state index in [1.807, 2.05) is 12.1 Å². The van der Waals surface area contributed by atoms with Crippen molar-refractivity contribution in [3.63, 3.8) is 0 Å². The molecule has 0 aliphatic rings. The van der Waals surface area contributed by atoms with E-state index in [-0.39, 0.29) is 9.76 Å². The Kier molecular flexibility index (Phi) is 6.54. The molecule has 0 spiro atoms. The monoisotopic (exact) mass is 272 g/mol. The SMILES string of the molecule is CO[SiH2]C(C)(C)C.c1ccc(-c2ccccc2)cc1. The summed E-state index contributed by atoms with van der Waals surface area (Å²) in [7, 11) is 1.55. The predicted octanol–water partition coefficient (Wildman–Crippen LogP) is 4.29. The fourth-order valence-corrected chi connectivity index (χ4v) is 2.56. The van der Waals surface area contributed by atoms with Crippen LogP contribution in [0.4, 0.5) is 0 Å². The zero-order chi connectivity index (χ0) is 14.1. The molecule has 0 radical (unpaired) electrons. The van der Waals surface area contributed by atoms with Crippen LogP contribution in [0.2, 0.25) is 5.04 Å². The van der Waals surface area contributed by atoms with Crippen molar-refractivity contribution in [3.05, 3.63) is 60.7 Å². The van der Waals surface area contributed by atoms with Crippen molar-refractivity contribution in [2.75, 3.05) is 7.11 Å². The number of rotatable bonds is 2. The van der Waals surface area contributed by atoms with Crippen LogP contribution in [-0.4, -0.2) is 16.9 Å². The molecule has 2 rings (SSSR count). The average molecular weight is 272 g/mol. The second-order valence-corrected chi connectivity index (χ2v) is 8.71. The lowest BCUT2D eigenvalue weighted by Gasteiger charge is -2.14. The van der Waals surface area contributed by atoms with Gasteiger partial charge in [0.25, 0.3) is 0 Å². The van der Waals surface area contributed by atoms with Gasteiger partial charge in [0.05, 0.1) is 0 Å². The van der Waals surface area contributed by atoms with Gasteiger partial charge in [0, 0.05) is 7.11 Å². The molecule has 0 bridgehead atoms. The van der Waals surface area contributed by atoms with Crippen molar-refractivity contribution in [2.45, 2.75) is 25.8 Å². The maximum atomic E-state index is 5.05. The van der Waals surface area contributed by atoms with Crippen LogP contribution in [0, 0.1) is 0 Å². The normalized spacial score (nSPS) is 11.2. The Morgan fingerprint density at radius 1 is 0.737 bits per heavy atom. The van der Waals surface area contributed by atoms with Gasteiger partial charge in [-0.3, -0.25) is 0 Å². The molecule has 102 valence electrons. The zero-order valence-corrected chi connectivity index (χ0v) is 13.8. The van der Waals surface area contributed by atoms with Gasteiger partial charge >= 0.3 is 0 Å². The summed E-state index contributed by atoms with van der Waals surface area (Å²) in [6, 6.07) is 20.8. The Bertz CT molecular complexity index is 408. The van der Waals surface area contributed by atoms with Gasteiger partial charge in [0.2, 0.25) is 0 Å². The molecule has 0 aliphatic heterocycles. The lowest BCUT2D eigenvalue weighted by Crippen LogP contribution is -2.09. The summed E-state index contributed by atoms with van der Waals surface area (Å²) in [6.07, 6.45) is 0. The van der Waals surface area contributed by atoms with E-state index < -0.39 is 0 Å². The third kappa shape index (κ3) is 6.94. The van der Waals surface area contributed by atoms with Gasteiger partial charge in [-0.2, -0.15) is 0 Å². The minimum Gasteiger partial charge on any atom is -0.427 e. The summed E-state index contributed by atoms with van der Waals surface area (Å²) >= 11 is 0. The van der Waals surface area contributed by atoms with Crippen LogP contribution in [0.15, 0.2) is 60.7 Å². The van der Waals surface area contributed by atoms with E-state index in [0.29, 0.717) is 5.04 Å². The molecule has 0 heterocycles. The predicted molar refractivity (Wildman–Crippen MR) is 87.1 cm³/mol. The molecular formula is C17H24OSi. The average Bonchev–Trinajstić information content (AvgIpc) is 2.40. The molecule has 19 heavy (non-hydrogen) atoms. The molecule has 0 amide bonds. The van der Waals surface area contributed by atoms with Crippen LogP contribution in [-0.2, 0) is 4.43 Å². The summed E-state index contributed by atoms with van der Waals surface area (Å²) in [4.78, 5) is 0. The van der Waals surface area contributed by atoms with Crippen LogP contribution in [0.3, 0.4) is 0 Å². The Balaban J connectivity index is 0.000000224. The maximum absolute atomic E-state index is 5.05. The highest BCUT2D eigenvalue weighted by Crippen LogP contribution is 2.19. The van der Waals surface area contributed by atoms with Gasteiger partial charge in [0.15, 0.2) is 9.76 Å². The Morgan fingerprint density at radius 3 is 1.32 bits per heavy atom. The molecule has 0 saturated heterocycles. The van der Waals surface area contributed by atoms with Gasteiger partial charge in [-0.1, -0.05) is 81.4 Å². The quantitative estimate of drug-likeness (QED) is 0.741. The first-order valence-corrected chi connectivity index (χ1v) is 7.91. The van der Waals surface area contributed by atoms with Gasteiger partial charge in [-0.05, 0) is 16.2 Å². The Hall–Kier alpha value is -1.38. The summed E-state index contributed by atoms with van der Waals surface area (Å²) < 4.78 is 5.05. The first-order valence-electron chi connectivity index (χ1n) is 6.62. The van der Waals surface area contributed by atoms with E-state index in [1.165, 1.54) is 11.1 Å². The molecule has 0 atom stereocenters. The van der Waals surface area contributed by atoms with E-state index >= 15 is 0 Å². The van der Waals surface area contributed by atoms with Crippen LogP contribution in [0.1, 0.15) is 20.8 Å². The first kappa shape index (κ1) is 15.7. The molecule has 0 aliphatic carbocycles. The summed E-state index contributed by atoms with van der Waals surface area (Å²) in [5.41, 5.74) is 2.55. The standard InChI is InChI=1S/C12H10.C5H14OSi/c1-3-7-11(8-4-1)12-9-5-2-6-10-12;1-5(2,3)7-6-4/h1-10H;7H2,1-4H3. The van der Waals surface area contributed by atoms with Crippen molar-refractivity contribution in [3.8, 4) is 11.1 Å². The Labute approximate surface area is 119 Å². The molecule has 2 aromatic carbocycles. The van der Waals surface area contributed by atoms with E-state index in [1.54, 1.807) is 7.11 Å². The van der Waals surface area contributed by atoms with Crippen LogP contribution in [0.25, 0.3) is 11.1 Å². The minimum absolute atomic E-state index is 0.240. The van der Waals surface area contributed by atoms with Gasteiger partial charge < -0.3 is 4.43 Å². The second-order valence-electron chi connectivity index (χ2n) is 5.73. The fraction of sp³-hybridized carbons (Fsp3) is 0.294. The second kappa shape index (κ2) is 7.92. The number of hydrogen-bond donors (Lipinski definition) is 0. The van der Waals surface area contributed by atoms with Crippen LogP contribution >= 0.6 is 0 Å². The van der Waals surface area contributed by atoms with Gasteiger partial charge in [-0.25, -0.2) is 0 Å². The van der Waals surface area contributed by atoms with Crippen LogP contribution in [0.5, 0.6) is 0 Å². The first-order chi connectivity index (χ1) is 9.03. The van der Waals surface area contributed by atoms with Gasteiger partial charge in [0.1, 0.15) is 0 Å². The molecule has 1 nitrogen and oxygen atoms in total. The molecule has 2 aromatic rings. The largest absolute Gasteiger partial charge is 0.427 e. The molecule has 0 N–H and O–H groups in total. The van der Waals surface area contributed by atoms with Crippen molar-refractivity contribution >= 4 is 9.76 Å². The number of hydrogen-bond acceptors (Lipinski definition) is 1. The van der Waals surface area contributed by atoms with Crippen molar-refractivity contribution < 1.29 is 4.43 Å². The molecular weight excluding hydrogens is 248 g/mol. The summed E-state index contributed by atoms with van der Waals surface area (Å²) in [6.45, 7) is 6.63. The number of benzene rings is 2. The fourth-order valence-electron chi connectivity index (χ4n) is 1.69. The zero-order valence-electron chi connectivity index (χ0n) is 12.4. The van der Waals surface area contributed by atoms with Crippen molar-refractivity contribution in [2.24, 2.45) is 0 Å². The molecule has 0 unspecified atom stereocenters. The van der Waals surface area contributed by atoms with E-state index in [2.05, 4.69) is 69.3 Å². The van der Waals surface area contributed by atoms with E-state index in [9.17, 15) is 0 Å². The summed E-state index contributed by atoms with van der Waals surface area (Å²) in [5.74, 6) is 0. The third-order valence-corrected chi connectivity index (χ3v) is 3.61. The topological polar surface area (TPSA) is 9.23 Å². The lowest BCUT2D eigenvalue weighted by molar-refractivity contribution is 0.416. The molecule has 0 fully saturated rings. The molecule has 2 heteroatoms. The highest BCUT2D eigenvalue weighted by atomic mass is 28.2. The highest BCUT2D eigenvalue weighted by Gasteiger charge is 2.08.